The van der Waals surface area contributed by atoms with E-state index in [0.29, 0.717) is 16.7 Å². The van der Waals surface area contributed by atoms with E-state index in [0.717, 1.165) is 0 Å². The Morgan fingerprint density at radius 1 is 1.12 bits per heavy atom. The molecule has 4 nitrogen and oxygen atoms in total. The molecule has 0 saturated heterocycles. The molecule has 0 radical (unpaired) electrons. The van der Waals surface area contributed by atoms with Gasteiger partial charge < -0.3 is 5.73 Å². The quantitative estimate of drug-likeness (QED) is 0.430. The lowest BCUT2D eigenvalue weighted by atomic mass is 9.99. The van der Waals surface area contributed by atoms with Crippen LogP contribution in [0.3, 0.4) is 0 Å². The fourth-order valence-electron chi connectivity index (χ4n) is 2.76. The number of benzene rings is 2. The first-order valence-electron chi connectivity index (χ1n) is 7.33. The number of nitrogens with zero attached hydrogens (tertiary/aromatic N) is 2. The molecule has 0 aliphatic rings. The molecule has 8 heteroatoms. The Morgan fingerprint density at radius 2 is 1.76 bits per heavy atom. The van der Waals surface area contributed by atoms with Gasteiger partial charge in [0.2, 0.25) is 0 Å². The number of imidazole rings is 1. The maximum atomic E-state index is 13.7. The van der Waals surface area contributed by atoms with E-state index in [9.17, 15) is 17.4 Å². The Morgan fingerprint density at radius 3 is 2.40 bits per heavy atom. The number of anilines is 1. The number of nitrogen functional groups attached to an aromatic ring is 1. The number of aromatic nitrogens is 2. The van der Waals surface area contributed by atoms with Gasteiger partial charge in [0.1, 0.15) is 16.1 Å². The second-order valence-corrected chi connectivity index (χ2v) is 6.20. The van der Waals surface area contributed by atoms with Crippen molar-refractivity contribution in [3.8, 4) is 0 Å². The number of aryl methyl sites for hydroxylation is 2. The molecule has 3 rings (SSSR count). The Balaban J connectivity index is 2.40. The number of nitrogens with two attached hydrogens (primary N) is 1. The van der Waals surface area contributed by atoms with Crippen LogP contribution in [0.25, 0.3) is 11.0 Å². The Labute approximate surface area is 145 Å². The second kappa shape index (κ2) is 6.03. The van der Waals surface area contributed by atoms with Crippen LogP contribution >= 0.6 is 0 Å². The van der Waals surface area contributed by atoms with Gasteiger partial charge in [0.25, 0.3) is 0 Å². The first-order chi connectivity index (χ1) is 11.8. The zero-order chi connectivity index (χ0) is 18.4. The third kappa shape index (κ3) is 2.82. The van der Waals surface area contributed by atoms with Crippen LogP contribution < -0.4 is 5.73 Å². The molecule has 0 unspecified atom stereocenters. The van der Waals surface area contributed by atoms with Crippen LogP contribution in [0.5, 0.6) is 0 Å². The summed E-state index contributed by atoms with van der Waals surface area (Å²) in [4.78, 5) is 3.92. The molecule has 0 bridgehead atoms. The first-order valence-corrected chi connectivity index (χ1v) is 8.07. The highest BCUT2D eigenvalue weighted by Crippen LogP contribution is 2.32. The van der Waals surface area contributed by atoms with Gasteiger partial charge in [-0.25, -0.2) is 13.8 Å². The molecule has 1 heterocycles. The number of fused-ring (bicyclic) bond motifs is 1. The van der Waals surface area contributed by atoms with Crippen LogP contribution in [-0.2, 0) is 17.6 Å². The maximum absolute atomic E-state index is 13.7. The lowest BCUT2D eigenvalue weighted by Crippen LogP contribution is -2.24. The molecule has 2 aromatic carbocycles. The van der Waals surface area contributed by atoms with Gasteiger partial charge in [-0.1, -0.05) is 24.3 Å². The van der Waals surface area contributed by atoms with Crippen molar-refractivity contribution in [1.82, 2.24) is 9.55 Å². The summed E-state index contributed by atoms with van der Waals surface area (Å²) in [5, 5.41) is 0. The van der Waals surface area contributed by atoms with Crippen LogP contribution in [0.4, 0.5) is 18.9 Å². The van der Waals surface area contributed by atoms with Gasteiger partial charge in [-0.2, -0.15) is 0 Å². The molecule has 0 aliphatic heterocycles. The van der Waals surface area contributed by atoms with E-state index in [-0.39, 0.29) is 37.4 Å². The highest BCUT2D eigenvalue weighted by atomic mass is 32.1. The van der Waals surface area contributed by atoms with Gasteiger partial charge in [-0.05, 0) is 37.1 Å². The zero-order valence-corrected chi connectivity index (χ0v) is 14.2. The highest BCUT2D eigenvalue weighted by molar-refractivity contribution is 7.67. The predicted octanol–water partition coefficient (Wildman–Crippen LogP) is 3.49. The van der Waals surface area contributed by atoms with Crippen molar-refractivity contribution >= 4 is 32.8 Å². The fourth-order valence-corrected chi connectivity index (χ4v) is 3.33. The van der Waals surface area contributed by atoms with Crippen LogP contribution in [0.2, 0.25) is 0 Å². The molecule has 0 aliphatic carbocycles. The van der Waals surface area contributed by atoms with Crippen molar-refractivity contribution < 1.29 is 17.4 Å². The summed E-state index contributed by atoms with van der Waals surface area (Å²) in [6, 6.07) is 9.35. The molecule has 0 saturated carbocycles. The minimum absolute atomic E-state index is 0.0380. The normalized spacial score (nSPS) is 11.7. The molecule has 0 amide bonds. The number of hydrogen-bond acceptors (Lipinski definition) is 3. The Bertz CT molecular complexity index is 1030. The van der Waals surface area contributed by atoms with E-state index >= 15 is 0 Å². The van der Waals surface area contributed by atoms with Gasteiger partial charge in [-0.3, -0.25) is 0 Å². The molecule has 1 aromatic heterocycles. The lowest BCUT2D eigenvalue weighted by molar-refractivity contribution is -0.201. The molecule has 0 fully saturated rings. The zero-order valence-electron chi connectivity index (χ0n) is 13.4. The van der Waals surface area contributed by atoms with Crippen molar-refractivity contribution in [2.45, 2.75) is 20.1 Å². The van der Waals surface area contributed by atoms with Crippen LogP contribution in [-0.4, -0.2) is 18.6 Å². The largest absolute Gasteiger partial charge is 0.490 e. The van der Waals surface area contributed by atoms with E-state index in [4.69, 9.17) is 5.73 Å². The number of para-hydroxylation sites is 2. The number of alkyl halides is 3. The summed E-state index contributed by atoms with van der Waals surface area (Å²) in [6.07, 6.45) is -4.72. The molecule has 130 valence electrons. The molecular weight excluding hydrogens is 351 g/mol. The van der Waals surface area contributed by atoms with Crippen molar-refractivity contribution in [2.24, 2.45) is 0 Å². The number of rotatable bonds is 2. The third-order valence-electron chi connectivity index (χ3n) is 4.00. The van der Waals surface area contributed by atoms with Crippen molar-refractivity contribution in [3.63, 3.8) is 0 Å². The van der Waals surface area contributed by atoms with Gasteiger partial charge in [0, 0.05) is 11.3 Å². The summed E-state index contributed by atoms with van der Waals surface area (Å²) in [7, 11) is 0. The molecule has 2 N–H and O–H groups in total. The lowest BCUT2D eigenvalue weighted by Gasteiger charge is -2.16. The van der Waals surface area contributed by atoms with Crippen molar-refractivity contribution in [1.29, 1.82) is 0 Å². The van der Waals surface area contributed by atoms with Crippen molar-refractivity contribution in [2.75, 3.05) is 5.73 Å². The van der Waals surface area contributed by atoms with Crippen LogP contribution in [0.15, 0.2) is 36.4 Å². The third-order valence-corrected chi connectivity index (χ3v) is 4.55. The minimum atomic E-state index is -4.72. The highest BCUT2D eigenvalue weighted by Gasteiger charge is 2.37. The predicted molar refractivity (Wildman–Crippen MR) is 92.7 cm³/mol. The van der Waals surface area contributed by atoms with Crippen LogP contribution in [0, 0.1) is 13.8 Å². The van der Waals surface area contributed by atoms with E-state index in [1.54, 1.807) is 32.0 Å². The summed E-state index contributed by atoms with van der Waals surface area (Å²) in [6.45, 7) is 3.43. The second-order valence-electron chi connectivity index (χ2n) is 5.63. The fraction of sp³-hybridized carbons (Fsp3) is 0.176. The Hall–Kier alpha value is -2.61. The molecular formula is C17H14F3N3OS. The molecule has 25 heavy (non-hydrogen) atoms. The molecule has 0 atom stereocenters. The van der Waals surface area contributed by atoms with Gasteiger partial charge in [0.15, 0.2) is 5.82 Å². The first kappa shape index (κ1) is 17.2. The van der Waals surface area contributed by atoms with Crippen LogP contribution in [0.1, 0.15) is 22.5 Å². The number of hydrogen-bond donors (Lipinski definition) is 1. The smallest absolute Gasteiger partial charge is 0.398 e. The standard InChI is InChI=1S/C17H14F3N3OS/c1-9-7-8-10(2)14(21)13(9)15(25-24)16-22-11-5-3-4-6-12(11)23(16)17(18,19)20/h3-8H,21H2,1-2H3. The van der Waals surface area contributed by atoms with E-state index in [1.165, 1.54) is 18.2 Å². The monoisotopic (exact) mass is 365 g/mol. The average Bonchev–Trinajstić information content (AvgIpc) is 2.94. The maximum Gasteiger partial charge on any atom is 0.490 e. The SMILES string of the molecule is Cc1ccc(C)c(C(=S=O)c2nc3ccccc3n2C(F)(F)F)c1N. The summed E-state index contributed by atoms with van der Waals surface area (Å²) < 4.78 is 52.9. The molecule has 3 aromatic rings. The van der Waals surface area contributed by atoms with E-state index in [2.05, 4.69) is 4.98 Å². The minimum Gasteiger partial charge on any atom is -0.398 e. The molecule has 0 spiro atoms. The summed E-state index contributed by atoms with van der Waals surface area (Å²) in [5.41, 5.74) is 7.97. The summed E-state index contributed by atoms with van der Waals surface area (Å²) >= 11 is -0.0380. The van der Waals surface area contributed by atoms with Gasteiger partial charge >= 0.3 is 6.30 Å². The summed E-state index contributed by atoms with van der Waals surface area (Å²) in [5.74, 6) is -0.450. The average molecular weight is 365 g/mol. The van der Waals surface area contributed by atoms with E-state index < -0.39 is 12.1 Å². The van der Waals surface area contributed by atoms with E-state index in [1.807, 2.05) is 0 Å². The topological polar surface area (TPSA) is 60.9 Å². The van der Waals surface area contributed by atoms with Gasteiger partial charge in [-0.15, -0.1) is 13.2 Å². The van der Waals surface area contributed by atoms with Crippen molar-refractivity contribution in [3.05, 3.63) is 58.9 Å². The number of halogens is 3. The van der Waals surface area contributed by atoms with Gasteiger partial charge in [0.05, 0.1) is 11.0 Å². The Kier molecular flexibility index (Phi) is 4.16.